The van der Waals surface area contributed by atoms with Gasteiger partial charge in [0.25, 0.3) is 5.56 Å². The van der Waals surface area contributed by atoms with Crippen LogP contribution in [0, 0.1) is 0 Å². The minimum Gasteiger partial charge on any atom is -0.493 e. The summed E-state index contributed by atoms with van der Waals surface area (Å²) in [7, 11) is 0. The molecule has 0 atom stereocenters. The highest BCUT2D eigenvalue weighted by molar-refractivity contribution is 5.42. The van der Waals surface area contributed by atoms with Crippen LogP contribution in [0.3, 0.4) is 0 Å². The fourth-order valence-electron chi connectivity index (χ4n) is 1.60. The monoisotopic (exact) mass is 204 g/mol. The molecule has 4 heteroatoms. The van der Waals surface area contributed by atoms with Gasteiger partial charge in [0, 0.05) is 6.20 Å². The fraction of sp³-hybridized carbons (Fsp3) is 0.273. The molecular formula is C11H12N2O2. The predicted octanol–water partition coefficient (Wildman–Crippen LogP) is 1.52. The SMILES string of the molecule is CC(C)c1c(O)nc2ccccn2c1=O. The molecule has 1 N–H and O–H groups in total. The van der Waals surface area contributed by atoms with Crippen LogP contribution in [0.5, 0.6) is 5.88 Å². The van der Waals surface area contributed by atoms with E-state index in [-0.39, 0.29) is 17.4 Å². The molecule has 0 radical (unpaired) electrons. The molecular weight excluding hydrogens is 192 g/mol. The van der Waals surface area contributed by atoms with Gasteiger partial charge in [0.05, 0.1) is 5.56 Å². The van der Waals surface area contributed by atoms with Crippen LogP contribution in [0.2, 0.25) is 0 Å². The Morgan fingerprint density at radius 2 is 2.13 bits per heavy atom. The summed E-state index contributed by atoms with van der Waals surface area (Å²) in [5, 5.41) is 9.64. The van der Waals surface area contributed by atoms with Crippen molar-refractivity contribution in [2.75, 3.05) is 0 Å². The molecule has 0 aliphatic heterocycles. The number of rotatable bonds is 1. The first-order valence-electron chi connectivity index (χ1n) is 4.81. The minimum absolute atomic E-state index is 0.0397. The molecule has 15 heavy (non-hydrogen) atoms. The first-order valence-corrected chi connectivity index (χ1v) is 4.81. The van der Waals surface area contributed by atoms with Gasteiger partial charge in [0.2, 0.25) is 5.88 Å². The molecule has 0 aliphatic rings. The fourth-order valence-corrected chi connectivity index (χ4v) is 1.60. The third-order valence-electron chi connectivity index (χ3n) is 2.33. The molecule has 0 fully saturated rings. The largest absolute Gasteiger partial charge is 0.493 e. The van der Waals surface area contributed by atoms with Crippen molar-refractivity contribution in [3.8, 4) is 5.88 Å². The summed E-state index contributed by atoms with van der Waals surface area (Å²) in [5.41, 5.74) is 0.621. The number of pyridine rings is 1. The Balaban J connectivity index is 2.91. The number of fused-ring (bicyclic) bond motifs is 1. The van der Waals surface area contributed by atoms with E-state index in [0.29, 0.717) is 11.2 Å². The van der Waals surface area contributed by atoms with Crippen LogP contribution < -0.4 is 5.56 Å². The van der Waals surface area contributed by atoms with E-state index in [1.807, 2.05) is 13.8 Å². The third kappa shape index (κ3) is 1.48. The lowest BCUT2D eigenvalue weighted by molar-refractivity contribution is 0.441. The van der Waals surface area contributed by atoms with Crippen LogP contribution in [0.1, 0.15) is 25.3 Å². The molecule has 0 saturated heterocycles. The van der Waals surface area contributed by atoms with Crippen molar-refractivity contribution < 1.29 is 5.11 Å². The Morgan fingerprint density at radius 3 is 2.80 bits per heavy atom. The lowest BCUT2D eigenvalue weighted by Crippen LogP contribution is -2.20. The second-order valence-corrected chi connectivity index (χ2v) is 3.74. The molecule has 0 saturated carbocycles. The zero-order valence-corrected chi connectivity index (χ0v) is 8.64. The molecule has 2 aromatic heterocycles. The summed E-state index contributed by atoms with van der Waals surface area (Å²) >= 11 is 0. The van der Waals surface area contributed by atoms with Crippen molar-refractivity contribution in [2.45, 2.75) is 19.8 Å². The summed E-state index contributed by atoms with van der Waals surface area (Å²) in [6.45, 7) is 3.71. The minimum atomic E-state index is -0.201. The van der Waals surface area contributed by atoms with Crippen LogP contribution in [0.4, 0.5) is 0 Å². The van der Waals surface area contributed by atoms with Gasteiger partial charge in [-0.1, -0.05) is 19.9 Å². The van der Waals surface area contributed by atoms with Crippen molar-refractivity contribution in [1.29, 1.82) is 0 Å². The van der Waals surface area contributed by atoms with Gasteiger partial charge in [-0.2, -0.15) is 4.98 Å². The van der Waals surface area contributed by atoms with Gasteiger partial charge in [-0.15, -0.1) is 0 Å². The van der Waals surface area contributed by atoms with Crippen LogP contribution in [-0.2, 0) is 0 Å². The maximum atomic E-state index is 12.0. The zero-order valence-electron chi connectivity index (χ0n) is 8.64. The molecule has 0 bridgehead atoms. The van der Waals surface area contributed by atoms with E-state index < -0.39 is 0 Å². The highest BCUT2D eigenvalue weighted by atomic mass is 16.3. The average molecular weight is 204 g/mol. The maximum Gasteiger partial charge on any atom is 0.265 e. The number of aromatic hydroxyl groups is 1. The quantitative estimate of drug-likeness (QED) is 0.766. The lowest BCUT2D eigenvalue weighted by atomic mass is 10.1. The van der Waals surface area contributed by atoms with Crippen molar-refractivity contribution >= 4 is 5.65 Å². The first-order chi connectivity index (χ1) is 7.11. The second-order valence-electron chi connectivity index (χ2n) is 3.74. The standard InChI is InChI=1S/C11H12N2O2/c1-7(2)9-10(14)12-8-5-3-4-6-13(8)11(9)15/h3-7,14H,1-2H3. The van der Waals surface area contributed by atoms with Gasteiger partial charge in [0.1, 0.15) is 5.65 Å². The van der Waals surface area contributed by atoms with Crippen molar-refractivity contribution in [1.82, 2.24) is 9.38 Å². The molecule has 0 aromatic carbocycles. The van der Waals surface area contributed by atoms with Gasteiger partial charge in [0.15, 0.2) is 0 Å². The Hall–Kier alpha value is -1.84. The Bertz CT molecular complexity index is 558. The highest BCUT2D eigenvalue weighted by Gasteiger charge is 2.14. The van der Waals surface area contributed by atoms with Gasteiger partial charge < -0.3 is 5.11 Å². The van der Waals surface area contributed by atoms with E-state index in [9.17, 15) is 9.90 Å². The summed E-state index contributed by atoms with van der Waals surface area (Å²) in [5.74, 6) is -0.205. The summed E-state index contributed by atoms with van der Waals surface area (Å²) in [4.78, 5) is 15.9. The molecule has 4 nitrogen and oxygen atoms in total. The van der Waals surface area contributed by atoms with E-state index in [4.69, 9.17) is 0 Å². The molecule has 2 aromatic rings. The predicted molar refractivity (Wildman–Crippen MR) is 57.2 cm³/mol. The van der Waals surface area contributed by atoms with E-state index in [1.165, 1.54) is 4.40 Å². The van der Waals surface area contributed by atoms with Crippen molar-refractivity contribution in [3.05, 3.63) is 40.3 Å². The number of hydrogen-bond acceptors (Lipinski definition) is 3. The molecule has 0 amide bonds. The summed E-state index contributed by atoms with van der Waals surface area (Å²) in [6, 6.07) is 5.22. The third-order valence-corrected chi connectivity index (χ3v) is 2.33. The first kappa shape index (κ1) is 9.71. The van der Waals surface area contributed by atoms with E-state index >= 15 is 0 Å². The summed E-state index contributed by atoms with van der Waals surface area (Å²) in [6.07, 6.45) is 1.65. The molecule has 78 valence electrons. The van der Waals surface area contributed by atoms with Gasteiger partial charge in [-0.3, -0.25) is 9.20 Å². The average Bonchev–Trinajstić information content (AvgIpc) is 2.17. The molecule has 0 spiro atoms. The summed E-state index contributed by atoms with van der Waals surface area (Å²) < 4.78 is 1.44. The van der Waals surface area contributed by atoms with Gasteiger partial charge in [-0.25, -0.2) is 0 Å². The van der Waals surface area contributed by atoms with E-state index in [0.717, 1.165) is 0 Å². The van der Waals surface area contributed by atoms with Crippen LogP contribution >= 0.6 is 0 Å². The molecule has 2 rings (SSSR count). The van der Waals surface area contributed by atoms with E-state index in [1.54, 1.807) is 24.4 Å². The van der Waals surface area contributed by atoms with Crippen LogP contribution in [0.15, 0.2) is 29.2 Å². The van der Waals surface area contributed by atoms with Crippen molar-refractivity contribution in [2.24, 2.45) is 0 Å². The Labute approximate surface area is 86.8 Å². The van der Waals surface area contributed by atoms with Crippen molar-refractivity contribution in [3.63, 3.8) is 0 Å². The number of hydrogen-bond donors (Lipinski definition) is 1. The highest BCUT2D eigenvalue weighted by Crippen LogP contribution is 2.19. The number of aromatic nitrogens is 2. The Kier molecular flexibility index (Phi) is 2.19. The Morgan fingerprint density at radius 1 is 1.40 bits per heavy atom. The van der Waals surface area contributed by atoms with Crippen LogP contribution in [0.25, 0.3) is 5.65 Å². The zero-order chi connectivity index (χ0) is 11.0. The molecule has 2 heterocycles. The van der Waals surface area contributed by atoms with Crippen LogP contribution in [-0.4, -0.2) is 14.5 Å². The van der Waals surface area contributed by atoms with Gasteiger partial charge in [-0.05, 0) is 18.1 Å². The molecule has 0 unspecified atom stereocenters. The smallest absolute Gasteiger partial charge is 0.265 e. The molecule has 0 aliphatic carbocycles. The topological polar surface area (TPSA) is 54.6 Å². The maximum absolute atomic E-state index is 12.0. The number of nitrogens with zero attached hydrogens (tertiary/aromatic N) is 2. The lowest BCUT2D eigenvalue weighted by Gasteiger charge is -2.08. The normalized spacial score (nSPS) is 11.1. The van der Waals surface area contributed by atoms with E-state index in [2.05, 4.69) is 4.98 Å². The van der Waals surface area contributed by atoms with Gasteiger partial charge >= 0.3 is 0 Å². The second kappa shape index (κ2) is 3.38.